The lowest BCUT2D eigenvalue weighted by Gasteiger charge is -2.14. The zero-order valence-electron chi connectivity index (χ0n) is 17.8. The van der Waals surface area contributed by atoms with Crippen LogP contribution in [0.4, 0.5) is 0 Å². The minimum absolute atomic E-state index is 0.132. The van der Waals surface area contributed by atoms with Crippen molar-refractivity contribution in [3.8, 4) is 45.5 Å². The summed E-state index contributed by atoms with van der Waals surface area (Å²) in [6.45, 7) is 0. The molecule has 2 aromatic carbocycles. The van der Waals surface area contributed by atoms with Gasteiger partial charge in [0.25, 0.3) is 5.56 Å². The van der Waals surface area contributed by atoms with E-state index in [0.717, 1.165) is 0 Å². The van der Waals surface area contributed by atoms with Crippen molar-refractivity contribution >= 4 is 23.4 Å². The number of hydrogen-bond donors (Lipinski definition) is 2. The Morgan fingerprint density at radius 2 is 1.22 bits per heavy atom. The van der Waals surface area contributed by atoms with Crippen LogP contribution in [0.5, 0.6) is 23.0 Å². The summed E-state index contributed by atoms with van der Waals surface area (Å²) in [6, 6.07) is 10.8. The van der Waals surface area contributed by atoms with Crippen LogP contribution in [0.25, 0.3) is 33.7 Å². The second kappa shape index (κ2) is 8.67. The van der Waals surface area contributed by atoms with Gasteiger partial charge in [-0.25, -0.2) is 9.97 Å². The summed E-state index contributed by atoms with van der Waals surface area (Å²) in [5, 5.41) is 0. The van der Waals surface area contributed by atoms with Gasteiger partial charge in [0, 0.05) is 11.1 Å². The number of hydrogen-bond acceptors (Lipinski definition) is 8. The molecule has 2 aromatic heterocycles. The van der Waals surface area contributed by atoms with E-state index in [1.165, 1.54) is 0 Å². The third kappa shape index (κ3) is 3.76. The molecule has 0 radical (unpaired) electrons. The van der Waals surface area contributed by atoms with E-state index in [0.29, 0.717) is 45.5 Å². The molecular formula is C22H20N4O5S. The Morgan fingerprint density at radius 1 is 0.719 bits per heavy atom. The molecule has 0 aliphatic rings. The Kier molecular flexibility index (Phi) is 5.78. The molecule has 4 rings (SSSR count). The zero-order chi connectivity index (χ0) is 22.8. The van der Waals surface area contributed by atoms with E-state index in [1.54, 1.807) is 52.7 Å². The predicted octanol–water partition coefficient (Wildman–Crippen LogP) is 3.74. The molecule has 32 heavy (non-hydrogen) atoms. The van der Waals surface area contributed by atoms with E-state index >= 15 is 0 Å². The van der Waals surface area contributed by atoms with E-state index in [2.05, 4.69) is 15.0 Å². The highest BCUT2D eigenvalue weighted by atomic mass is 32.1. The highest BCUT2D eigenvalue weighted by molar-refractivity contribution is 7.71. The number of fused-ring (bicyclic) bond motifs is 1. The largest absolute Gasteiger partial charge is 0.493 e. The molecule has 2 heterocycles. The van der Waals surface area contributed by atoms with Crippen LogP contribution < -0.4 is 24.5 Å². The lowest BCUT2D eigenvalue weighted by Crippen LogP contribution is -2.12. The van der Waals surface area contributed by atoms with Crippen LogP contribution in [0.2, 0.25) is 0 Å². The third-order valence-electron chi connectivity index (χ3n) is 4.88. The molecule has 0 amide bonds. The lowest BCUT2D eigenvalue weighted by molar-refractivity contribution is 0.355. The molecule has 0 spiro atoms. The average Bonchev–Trinajstić information content (AvgIpc) is 2.82. The lowest BCUT2D eigenvalue weighted by atomic mass is 10.0. The maximum Gasteiger partial charge on any atom is 0.279 e. The first-order valence-electron chi connectivity index (χ1n) is 9.48. The molecule has 0 atom stereocenters. The van der Waals surface area contributed by atoms with Gasteiger partial charge in [0.05, 0.1) is 39.8 Å². The quantitative estimate of drug-likeness (QED) is 0.426. The van der Waals surface area contributed by atoms with Crippen LogP contribution in [-0.2, 0) is 0 Å². The molecule has 2 N–H and O–H groups in total. The minimum Gasteiger partial charge on any atom is -0.493 e. The van der Waals surface area contributed by atoms with Crippen LogP contribution in [0, 0.1) is 4.77 Å². The molecular weight excluding hydrogens is 432 g/mol. The van der Waals surface area contributed by atoms with Gasteiger partial charge in [-0.15, -0.1) is 0 Å². The van der Waals surface area contributed by atoms with Crippen LogP contribution >= 0.6 is 12.2 Å². The Labute approximate surface area is 188 Å². The van der Waals surface area contributed by atoms with Crippen molar-refractivity contribution < 1.29 is 18.9 Å². The van der Waals surface area contributed by atoms with Crippen molar-refractivity contribution in [3.05, 3.63) is 51.5 Å². The number of nitrogens with zero attached hydrogens (tertiary/aromatic N) is 2. The Bertz CT molecular complexity index is 1430. The number of nitrogens with one attached hydrogen (secondary N) is 2. The first kappa shape index (κ1) is 21.3. The van der Waals surface area contributed by atoms with Gasteiger partial charge < -0.3 is 23.9 Å². The Balaban J connectivity index is 2.05. The summed E-state index contributed by atoms with van der Waals surface area (Å²) in [4.78, 5) is 27.3. The Morgan fingerprint density at radius 3 is 1.72 bits per heavy atom. The number of benzene rings is 2. The summed E-state index contributed by atoms with van der Waals surface area (Å²) >= 11 is 5.10. The SMILES string of the molecule is COc1ccc(-c2nc3[nH]c(=S)[nH]c(=O)c3nc2-c2ccc(OC)c(OC)c2)cc1OC. The highest BCUT2D eigenvalue weighted by Crippen LogP contribution is 2.38. The Hall–Kier alpha value is -3.92. The maximum atomic E-state index is 12.5. The summed E-state index contributed by atoms with van der Waals surface area (Å²) in [7, 11) is 6.23. The van der Waals surface area contributed by atoms with Crippen molar-refractivity contribution in [2.45, 2.75) is 0 Å². The van der Waals surface area contributed by atoms with Gasteiger partial charge in [-0.2, -0.15) is 0 Å². The summed E-state index contributed by atoms with van der Waals surface area (Å²) in [6.07, 6.45) is 0. The fourth-order valence-corrected chi connectivity index (χ4v) is 3.54. The van der Waals surface area contributed by atoms with Gasteiger partial charge >= 0.3 is 0 Å². The van der Waals surface area contributed by atoms with Crippen molar-refractivity contribution in [1.29, 1.82) is 0 Å². The predicted molar refractivity (Wildman–Crippen MR) is 122 cm³/mol. The molecule has 0 fully saturated rings. The van der Waals surface area contributed by atoms with Crippen molar-refractivity contribution in [1.82, 2.24) is 19.9 Å². The van der Waals surface area contributed by atoms with Gasteiger partial charge in [0.2, 0.25) is 0 Å². The molecule has 0 aliphatic heterocycles. The first-order valence-corrected chi connectivity index (χ1v) is 9.89. The summed E-state index contributed by atoms with van der Waals surface area (Å²) in [5.74, 6) is 2.20. The third-order valence-corrected chi connectivity index (χ3v) is 5.09. The standard InChI is InChI=1S/C22H20N4O5S/c1-28-13-7-5-11(9-15(13)30-3)17-18(12-6-8-14(29-2)16(10-12)31-4)24-20-19(23-17)21(27)26-22(32)25-20/h5-10H,1-4H3,(H2,24,25,26,27,32). The topological polar surface area (TPSA) is 111 Å². The van der Waals surface area contributed by atoms with E-state index in [9.17, 15) is 4.79 Å². The summed E-state index contributed by atoms with van der Waals surface area (Å²) in [5.41, 5.74) is 2.35. The number of H-pyrrole nitrogens is 2. The van der Waals surface area contributed by atoms with Gasteiger partial charge in [0.15, 0.2) is 38.9 Å². The minimum atomic E-state index is -0.433. The summed E-state index contributed by atoms with van der Waals surface area (Å²) < 4.78 is 21.7. The average molecular weight is 452 g/mol. The van der Waals surface area contributed by atoms with E-state index in [-0.39, 0.29) is 15.9 Å². The molecule has 0 unspecified atom stereocenters. The van der Waals surface area contributed by atoms with Crippen LogP contribution in [0.15, 0.2) is 41.2 Å². The molecule has 164 valence electrons. The molecule has 9 nitrogen and oxygen atoms in total. The highest BCUT2D eigenvalue weighted by Gasteiger charge is 2.18. The monoisotopic (exact) mass is 452 g/mol. The van der Waals surface area contributed by atoms with Gasteiger partial charge in [-0.05, 0) is 48.6 Å². The zero-order valence-corrected chi connectivity index (χ0v) is 18.6. The number of ether oxygens (including phenoxy) is 4. The van der Waals surface area contributed by atoms with Crippen LogP contribution in [0.1, 0.15) is 0 Å². The second-order valence-corrected chi connectivity index (χ2v) is 7.07. The van der Waals surface area contributed by atoms with Gasteiger partial charge in [-0.3, -0.25) is 9.78 Å². The molecule has 4 aromatic rings. The number of aromatic nitrogens is 4. The number of aromatic amines is 2. The van der Waals surface area contributed by atoms with Crippen molar-refractivity contribution in [3.63, 3.8) is 0 Å². The van der Waals surface area contributed by atoms with Crippen LogP contribution in [0.3, 0.4) is 0 Å². The number of rotatable bonds is 6. The normalized spacial score (nSPS) is 10.8. The first-order chi connectivity index (χ1) is 15.5. The van der Waals surface area contributed by atoms with Crippen molar-refractivity contribution in [2.24, 2.45) is 0 Å². The maximum absolute atomic E-state index is 12.5. The van der Waals surface area contributed by atoms with E-state index in [1.807, 2.05) is 12.1 Å². The van der Waals surface area contributed by atoms with E-state index < -0.39 is 5.56 Å². The fourth-order valence-electron chi connectivity index (χ4n) is 3.35. The van der Waals surface area contributed by atoms with Gasteiger partial charge in [0.1, 0.15) is 0 Å². The van der Waals surface area contributed by atoms with Crippen LogP contribution in [-0.4, -0.2) is 48.4 Å². The second-order valence-electron chi connectivity index (χ2n) is 6.67. The molecule has 0 saturated heterocycles. The molecule has 0 bridgehead atoms. The molecule has 10 heteroatoms. The van der Waals surface area contributed by atoms with Crippen molar-refractivity contribution in [2.75, 3.05) is 28.4 Å². The molecule has 0 aliphatic carbocycles. The number of methoxy groups -OCH3 is 4. The smallest absolute Gasteiger partial charge is 0.279 e. The van der Waals surface area contributed by atoms with E-state index in [4.69, 9.17) is 36.1 Å². The fraction of sp³-hybridized carbons (Fsp3) is 0.182. The molecule has 0 saturated carbocycles. The van der Waals surface area contributed by atoms with Gasteiger partial charge in [-0.1, -0.05) is 0 Å².